The van der Waals surface area contributed by atoms with Gasteiger partial charge in [-0.15, -0.1) is 0 Å². The summed E-state index contributed by atoms with van der Waals surface area (Å²) >= 11 is -2.48. The Morgan fingerprint density at radius 2 is 1.93 bits per heavy atom. The number of anilines is 1. The molecule has 1 heterocycles. The van der Waals surface area contributed by atoms with Crippen LogP contribution in [-0.4, -0.2) is 25.9 Å². The monoisotopic (exact) mass is 428 g/mol. The molecule has 1 aliphatic carbocycles. The van der Waals surface area contributed by atoms with Crippen molar-refractivity contribution in [2.24, 2.45) is 0 Å². The molecule has 1 amide bonds. The van der Waals surface area contributed by atoms with E-state index in [9.17, 15) is 18.8 Å². The standard InChI is InChI=1S/C22H24N2O5S/c25-22(23-26)19(13-10-15-6-2-1-3-7-15)24(30(27)28)16-11-12-18-17-8-4-5-9-20(17)29-21(18)14-16/h1-3,6-7,11-12,14,19,26H,4-5,8-10,13H2,(H,23,25)(H,27,28). The van der Waals surface area contributed by atoms with Gasteiger partial charge in [0, 0.05) is 23.4 Å². The van der Waals surface area contributed by atoms with Crippen LogP contribution in [0.15, 0.2) is 52.9 Å². The molecule has 0 radical (unpaired) electrons. The third-order valence-electron chi connectivity index (χ3n) is 5.61. The van der Waals surface area contributed by atoms with Crippen LogP contribution in [0.4, 0.5) is 5.69 Å². The van der Waals surface area contributed by atoms with Gasteiger partial charge in [0.15, 0.2) is 0 Å². The number of furan rings is 1. The molecule has 30 heavy (non-hydrogen) atoms. The minimum atomic E-state index is -2.48. The quantitative estimate of drug-likeness (QED) is 0.302. The number of rotatable bonds is 7. The number of nitrogens with one attached hydrogen (secondary N) is 1. The summed E-state index contributed by atoms with van der Waals surface area (Å²) in [6.07, 6.45) is 4.81. The predicted molar refractivity (Wildman–Crippen MR) is 115 cm³/mol. The molecular formula is C22H24N2O5S. The molecule has 7 nitrogen and oxygen atoms in total. The van der Waals surface area contributed by atoms with Gasteiger partial charge in [0.1, 0.15) is 17.4 Å². The second kappa shape index (κ2) is 8.99. The number of aryl methyl sites for hydroxylation is 3. The number of hydroxylamine groups is 1. The smallest absolute Gasteiger partial charge is 0.267 e. The molecule has 1 aromatic heterocycles. The fourth-order valence-corrected chi connectivity index (χ4v) is 4.86. The predicted octanol–water partition coefficient (Wildman–Crippen LogP) is 3.76. The van der Waals surface area contributed by atoms with Gasteiger partial charge in [-0.3, -0.25) is 18.9 Å². The summed E-state index contributed by atoms with van der Waals surface area (Å²) in [7, 11) is 0. The second-order valence-corrected chi connectivity index (χ2v) is 8.32. The van der Waals surface area contributed by atoms with Gasteiger partial charge in [0.2, 0.25) is 0 Å². The van der Waals surface area contributed by atoms with E-state index in [1.807, 2.05) is 36.4 Å². The second-order valence-electron chi connectivity index (χ2n) is 7.46. The lowest BCUT2D eigenvalue weighted by Crippen LogP contribution is -2.47. The Labute approximate surface area is 177 Å². The van der Waals surface area contributed by atoms with Crippen LogP contribution < -0.4 is 9.79 Å². The molecular weight excluding hydrogens is 404 g/mol. The maximum atomic E-state index is 12.4. The first-order chi connectivity index (χ1) is 14.6. The fourth-order valence-electron chi connectivity index (χ4n) is 4.15. The number of fused-ring (bicyclic) bond motifs is 3. The minimum Gasteiger partial charge on any atom is -0.461 e. The van der Waals surface area contributed by atoms with E-state index in [2.05, 4.69) is 0 Å². The molecule has 0 bridgehead atoms. The summed E-state index contributed by atoms with van der Waals surface area (Å²) in [5.41, 5.74) is 4.85. The van der Waals surface area contributed by atoms with Crippen LogP contribution in [0.3, 0.4) is 0 Å². The van der Waals surface area contributed by atoms with Crippen molar-refractivity contribution in [2.45, 2.75) is 44.6 Å². The molecule has 1 aliphatic rings. The summed E-state index contributed by atoms with van der Waals surface area (Å²) in [6.45, 7) is 0. The van der Waals surface area contributed by atoms with Crippen LogP contribution in [0, 0.1) is 0 Å². The lowest BCUT2D eigenvalue weighted by molar-refractivity contribution is -0.130. The maximum absolute atomic E-state index is 12.4. The Morgan fingerprint density at radius 3 is 2.67 bits per heavy atom. The third kappa shape index (κ3) is 4.12. The van der Waals surface area contributed by atoms with Crippen LogP contribution in [0.25, 0.3) is 11.0 Å². The molecule has 3 aromatic rings. The number of hydrogen-bond acceptors (Lipinski definition) is 4. The van der Waals surface area contributed by atoms with Crippen molar-refractivity contribution in [1.29, 1.82) is 0 Å². The van der Waals surface area contributed by atoms with Crippen molar-refractivity contribution < 1.29 is 23.2 Å². The van der Waals surface area contributed by atoms with Gasteiger partial charge in [-0.05, 0) is 49.8 Å². The number of carbonyl (C=O) groups excluding carboxylic acids is 1. The van der Waals surface area contributed by atoms with Gasteiger partial charge in [0.05, 0.1) is 5.69 Å². The first-order valence-electron chi connectivity index (χ1n) is 10.0. The maximum Gasteiger partial charge on any atom is 0.267 e. The van der Waals surface area contributed by atoms with Gasteiger partial charge in [-0.1, -0.05) is 30.3 Å². The normalized spacial score (nSPS) is 15.4. The molecule has 0 fully saturated rings. The molecule has 0 saturated carbocycles. The average Bonchev–Trinajstić information content (AvgIpc) is 3.14. The SMILES string of the molecule is O=C(NO)C(CCc1ccccc1)N(c1ccc2c3c(oc2c1)CCCC3)S(=O)O. The van der Waals surface area contributed by atoms with E-state index in [0.29, 0.717) is 17.7 Å². The summed E-state index contributed by atoms with van der Waals surface area (Å²) in [4.78, 5) is 12.4. The zero-order valence-electron chi connectivity index (χ0n) is 16.4. The van der Waals surface area contributed by atoms with Gasteiger partial charge in [-0.2, -0.15) is 0 Å². The van der Waals surface area contributed by atoms with Gasteiger partial charge >= 0.3 is 0 Å². The summed E-state index contributed by atoms with van der Waals surface area (Å²) < 4.78 is 29.4. The molecule has 0 spiro atoms. The Balaban J connectivity index is 1.67. The molecule has 8 heteroatoms. The van der Waals surface area contributed by atoms with Crippen LogP contribution in [0.2, 0.25) is 0 Å². The minimum absolute atomic E-state index is 0.245. The highest BCUT2D eigenvalue weighted by atomic mass is 32.2. The molecule has 3 N–H and O–H groups in total. The summed E-state index contributed by atoms with van der Waals surface area (Å²) in [6, 6.07) is 13.8. The number of nitrogens with zero attached hydrogens (tertiary/aromatic N) is 1. The largest absolute Gasteiger partial charge is 0.461 e. The van der Waals surface area contributed by atoms with Gasteiger partial charge < -0.3 is 4.42 Å². The molecule has 4 rings (SSSR count). The summed E-state index contributed by atoms with van der Waals surface area (Å²) in [5, 5.41) is 10.2. The van der Waals surface area contributed by atoms with E-state index in [0.717, 1.165) is 46.7 Å². The van der Waals surface area contributed by atoms with E-state index in [4.69, 9.17) is 4.42 Å². The molecule has 2 aromatic carbocycles. The highest BCUT2D eigenvalue weighted by Crippen LogP contribution is 2.35. The number of amides is 1. The number of carbonyl (C=O) groups is 1. The van der Waals surface area contributed by atoms with Crippen molar-refractivity contribution in [1.82, 2.24) is 5.48 Å². The number of hydrogen-bond donors (Lipinski definition) is 3. The van der Waals surface area contributed by atoms with Crippen molar-refractivity contribution in [3.05, 3.63) is 65.4 Å². The summed E-state index contributed by atoms with van der Waals surface area (Å²) in [5.74, 6) is 0.228. The lowest BCUT2D eigenvalue weighted by atomic mass is 9.96. The van der Waals surface area contributed by atoms with Crippen LogP contribution in [0.1, 0.15) is 36.1 Å². The molecule has 158 valence electrons. The van der Waals surface area contributed by atoms with E-state index >= 15 is 0 Å². The molecule has 0 saturated heterocycles. The Morgan fingerprint density at radius 1 is 1.17 bits per heavy atom. The Kier molecular flexibility index (Phi) is 6.17. The topological polar surface area (TPSA) is 103 Å². The van der Waals surface area contributed by atoms with E-state index < -0.39 is 23.2 Å². The van der Waals surface area contributed by atoms with E-state index in [-0.39, 0.29) is 6.42 Å². The Hall–Kier alpha value is -2.68. The number of benzene rings is 2. The van der Waals surface area contributed by atoms with Crippen LogP contribution in [0.5, 0.6) is 0 Å². The van der Waals surface area contributed by atoms with Gasteiger partial charge in [0.25, 0.3) is 17.2 Å². The third-order valence-corrected chi connectivity index (χ3v) is 6.41. The van der Waals surface area contributed by atoms with E-state index in [1.165, 1.54) is 5.56 Å². The zero-order chi connectivity index (χ0) is 21.1. The van der Waals surface area contributed by atoms with Crippen molar-refractivity contribution in [3.63, 3.8) is 0 Å². The highest BCUT2D eigenvalue weighted by Gasteiger charge is 2.31. The first kappa shape index (κ1) is 20.6. The van der Waals surface area contributed by atoms with Crippen LogP contribution >= 0.6 is 0 Å². The highest BCUT2D eigenvalue weighted by molar-refractivity contribution is 7.80. The van der Waals surface area contributed by atoms with E-state index in [1.54, 1.807) is 17.6 Å². The van der Waals surface area contributed by atoms with Crippen molar-refractivity contribution in [3.8, 4) is 0 Å². The van der Waals surface area contributed by atoms with Crippen molar-refractivity contribution >= 4 is 33.8 Å². The van der Waals surface area contributed by atoms with Gasteiger partial charge in [-0.25, -0.2) is 9.69 Å². The van der Waals surface area contributed by atoms with Crippen LogP contribution in [-0.2, 0) is 35.3 Å². The fraction of sp³-hybridized carbons (Fsp3) is 0.318. The molecule has 2 atom stereocenters. The molecule has 2 unspecified atom stereocenters. The lowest BCUT2D eigenvalue weighted by Gasteiger charge is -2.28. The zero-order valence-corrected chi connectivity index (χ0v) is 17.2. The average molecular weight is 429 g/mol. The Bertz CT molecular complexity index is 1070. The molecule has 0 aliphatic heterocycles. The van der Waals surface area contributed by atoms with Crippen molar-refractivity contribution in [2.75, 3.05) is 4.31 Å². The first-order valence-corrected chi connectivity index (χ1v) is 11.1.